The van der Waals surface area contributed by atoms with Crippen LogP contribution in [0, 0.1) is 10.7 Å². The number of amides is 1. The standard InChI is InChI=1S/C21H30N6O2S/c1-2-9-26-19(17-3-7-22-8-4-17)23-27(21(26)30)16-24-10-5-18(6-11-24)20(28)25-12-14-29-15-13-25/h3-4,7-8,18H,2,5-6,9-16H2,1H3. The summed E-state index contributed by atoms with van der Waals surface area (Å²) in [6, 6.07) is 3.94. The molecule has 2 aliphatic rings. The summed E-state index contributed by atoms with van der Waals surface area (Å²) in [6.45, 7) is 8.17. The molecule has 0 saturated carbocycles. The Kier molecular flexibility index (Phi) is 6.91. The predicted molar refractivity (Wildman–Crippen MR) is 116 cm³/mol. The summed E-state index contributed by atoms with van der Waals surface area (Å²) in [6.07, 6.45) is 6.33. The highest BCUT2D eigenvalue weighted by Crippen LogP contribution is 2.22. The van der Waals surface area contributed by atoms with Gasteiger partial charge in [0.25, 0.3) is 0 Å². The van der Waals surface area contributed by atoms with E-state index in [0.717, 1.165) is 68.1 Å². The quantitative estimate of drug-likeness (QED) is 0.656. The highest BCUT2D eigenvalue weighted by molar-refractivity contribution is 7.71. The van der Waals surface area contributed by atoms with Gasteiger partial charge in [-0.1, -0.05) is 6.92 Å². The number of hydrogen-bond donors (Lipinski definition) is 0. The van der Waals surface area contributed by atoms with Crippen LogP contribution >= 0.6 is 12.2 Å². The highest BCUT2D eigenvalue weighted by atomic mass is 32.1. The molecule has 0 N–H and O–H groups in total. The number of piperidine rings is 1. The number of nitrogens with zero attached hydrogens (tertiary/aromatic N) is 6. The molecular weight excluding hydrogens is 400 g/mol. The average Bonchev–Trinajstić information content (AvgIpc) is 3.10. The molecule has 0 aliphatic carbocycles. The maximum absolute atomic E-state index is 12.8. The van der Waals surface area contributed by atoms with Crippen molar-refractivity contribution in [2.75, 3.05) is 39.4 Å². The van der Waals surface area contributed by atoms with Gasteiger partial charge in [0, 0.05) is 56.6 Å². The number of carbonyl (C=O) groups excluding carboxylic acids is 1. The first-order valence-corrected chi connectivity index (χ1v) is 11.2. The zero-order valence-corrected chi connectivity index (χ0v) is 18.4. The van der Waals surface area contributed by atoms with Crippen molar-refractivity contribution < 1.29 is 9.53 Å². The molecule has 0 atom stereocenters. The molecule has 4 heterocycles. The molecule has 1 amide bonds. The minimum absolute atomic E-state index is 0.123. The second kappa shape index (κ2) is 9.80. The van der Waals surface area contributed by atoms with Gasteiger partial charge in [-0.25, -0.2) is 4.68 Å². The number of carbonyl (C=O) groups is 1. The van der Waals surface area contributed by atoms with Crippen molar-refractivity contribution in [1.29, 1.82) is 0 Å². The Bertz CT molecular complexity index is 898. The van der Waals surface area contributed by atoms with E-state index in [1.807, 2.05) is 21.7 Å². The SMILES string of the molecule is CCCn1c(-c2ccncc2)nn(CN2CCC(C(=O)N3CCOCC3)CC2)c1=S. The molecule has 0 bridgehead atoms. The van der Waals surface area contributed by atoms with Crippen molar-refractivity contribution >= 4 is 18.1 Å². The third kappa shape index (κ3) is 4.63. The molecule has 2 fully saturated rings. The van der Waals surface area contributed by atoms with Crippen LogP contribution in [0.5, 0.6) is 0 Å². The van der Waals surface area contributed by atoms with Gasteiger partial charge in [-0.2, -0.15) is 5.10 Å². The molecule has 4 rings (SSSR count). The van der Waals surface area contributed by atoms with Crippen LogP contribution in [0.4, 0.5) is 0 Å². The fraction of sp³-hybridized carbons (Fsp3) is 0.619. The van der Waals surface area contributed by atoms with Crippen LogP contribution in [-0.2, 0) is 22.7 Å². The van der Waals surface area contributed by atoms with Crippen LogP contribution in [0.3, 0.4) is 0 Å². The Hall–Kier alpha value is -2.10. The average molecular weight is 431 g/mol. The van der Waals surface area contributed by atoms with Crippen LogP contribution in [-0.4, -0.2) is 74.4 Å². The van der Waals surface area contributed by atoms with E-state index in [4.69, 9.17) is 22.1 Å². The lowest BCUT2D eigenvalue weighted by molar-refractivity contribution is -0.141. The minimum atomic E-state index is 0.123. The Morgan fingerprint density at radius 1 is 1.17 bits per heavy atom. The number of rotatable bonds is 6. The summed E-state index contributed by atoms with van der Waals surface area (Å²) in [5.74, 6) is 1.31. The molecule has 8 nitrogen and oxygen atoms in total. The van der Waals surface area contributed by atoms with Gasteiger partial charge in [0.1, 0.15) is 0 Å². The molecule has 0 aromatic carbocycles. The minimum Gasteiger partial charge on any atom is -0.378 e. The molecule has 0 spiro atoms. The fourth-order valence-electron chi connectivity index (χ4n) is 4.23. The maximum atomic E-state index is 12.8. The first-order valence-electron chi connectivity index (χ1n) is 10.8. The lowest BCUT2D eigenvalue weighted by Gasteiger charge is -2.35. The van der Waals surface area contributed by atoms with E-state index >= 15 is 0 Å². The predicted octanol–water partition coefficient (Wildman–Crippen LogP) is 2.41. The van der Waals surface area contributed by atoms with Crippen LogP contribution in [0.2, 0.25) is 0 Å². The number of pyridine rings is 1. The van der Waals surface area contributed by atoms with E-state index in [1.165, 1.54) is 0 Å². The largest absolute Gasteiger partial charge is 0.378 e. The normalized spacial score (nSPS) is 18.6. The van der Waals surface area contributed by atoms with E-state index in [-0.39, 0.29) is 5.92 Å². The van der Waals surface area contributed by atoms with Crippen LogP contribution in [0.1, 0.15) is 26.2 Å². The molecule has 2 aromatic heterocycles. The highest BCUT2D eigenvalue weighted by Gasteiger charge is 2.29. The van der Waals surface area contributed by atoms with Crippen LogP contribution in [0.25, 0.3) is 11.4 Å². The Labute approximate surface area is 182 Å². The molecule has 2 aliphatic heterocycles. The summed E-state index contributed by atoms with van der Waals surface area (Å²) < 4.78 is 10.1. The Balaban J connectivity index is 1.41. The summed E-state index contributed by atoms with van der Waals surface area (Å²) in [4.78, 5) is 21.2. The number of morpholine rings is 1. The van der Waals surface area contributed by atoms with Gasteiger partial charge in [0.05, 0.1) is 19.9 Å². The first kappa shape index (κ1) is 21.1. The summed E-state index contributed by atoms with van der Waals surface area (Å²) in [5.41, 5.74) is 1.03. The molecule has 0 unspecified atom stereocenters. The number of hydrogen-bond acceptors (Lipinski definition) is 6. The smallest absolute Gasteiger partial charge is 0.225 e. The van der Waals surface area contributed by atoms with Crippen molar-refractivity contribution in [2.24, 2.45) is 5.92 Å². The lowest BCUT2D eigenvalue weighted by Crippen LogP contribution is -2.47. The molecule has 2 aromatic rings. The van der Waals surface area contributed by atoms with Gasteiger partial charge in [0.2, 0.25) is 5.91 Å². The van der Waals surface area contributed by atoms with Gasteiger partial charge in [-0.05, 0) is 43.6 Å². The van der Waals surface area contributed by atoms with E-state index in [0.29, 0.717) is 25.8 Å². The summed E-state index contributed by atoms with van der Waals surface area (Å²) >= 11 is 5.75. The van der Waals surface area contributed by atoms with E-state index < -0.39 is 0 Å². The second-order valence-corrected chi connectivity index (χ2v) is 8.33. The van der Waals surface area contributed by atoms with Crippen LogP contribution < -0.4 is 0 Å². The zero-order chi connectivity index (χ0) is 20.9. The third-order valence-corrected chi connectivity index (χ3v) is 6.33. The number of likely N-dealkylation sites (tertiary alicyclic amines) is 1. The van der Waals surface area contributed by atoms with E-state index in [9.17, 15) is 4.79 Å². The van der Waals surface area contributed by atoms with E-state index in [2.05, 4.69) is 21.4 Å². The summed E-state index contributed by atoms with van der Waals surface area (Å²) in [7, 11) is 0. The van der Waals surface area contributed by atoms with Crippen molar-refractivity contribution in [2.45, 2.75) is 39.4 Å². The van der Waals surface area contributed by atoms with Gasteiger partial charge in [-0.3, -0.25) is 19.2 Å². The van der Waals surface area contributed by atoms with E-state index in [1.54, 1.807) is 12.4 Å². The fourth-order valence-corrected chi connectivity index (χ4v) is 4.50. The first-order chi connectivity index (χ1) is 14.7. The molecule has 2 saturated heterocycles. The molecule has 30 heavy (non-hydrogen) atoms. The van der Waals surface area contributed by atoms with Crippen molar-refractivity contribution in [3.05, 3.63) is 29.3 Å². The third-order valence-electron chi connectivity index (χ3n) is 5.90. The number of ether oxygens (including phenoxy) is 1. The number of aromatic nitrogens is 4. The second-order valence-electron chi connectivity index (χ2n) is 7.96. The molecular formula is C21H30N6O2S. The monoisotopic (exact) mass is 430 g/mol. The Morgan fingerprint density at radius 2 is 1.87 bits per heavy atom. The van der Waals surface area contributed by atoms with Crippen molar-refractivity contribution in [3.63, 3.8) is 0 Å². The van der Waals surface area contributed by atoms with Gasteiger partial charge >= 0.3 is 0 Å². The van der Waals surface area contributed by atoms with Crippen molar-refractivity contribution in [1.82, 2.24) is 29.1 Å². The van der Waals surface area contributed by atoms with Gasteiger partial charge in [0.15, 0.2) is 10.6 Å². The molecule has 9 heteroatoms. The maximum Gasteiger partial charge on any atom is 0.225 e. The molecule has 162 valence electrons. The van der Waals surface area contributed by atoms with Gasteiger partial charge in [-0.15, -0.1) is 0 Å². The molecule has 0 radical (unpaired) electrons. The van der Waals surface area contributed by atoms with Crippen molar-refractivity contribution in [3.8, 4) is 11.4 Å². The van der Waals surface area contributed by atoms with Gasteiger partial charge < -0.3 is 9.64 Å². The summed E-state index contributed by atoms with van der Waals surface area (Å²) in [5, 5.41) is 4.84. The Morgan fingerprint density at radius 3 is 2.53 bits per heavy atom. The van der Waals surface area contributed by atoms with Crippen LogP contribution in [0.15, 0.2) is 24.5 Å². The zero-order valence-electron chi connectivity index (χ0n) is 17.6. The lowest BCUT2D eigenvalue weighted by atomic mass is 9.95. The topological polar surface area (TPSA) is 68.4 Å².